The van der Waals surface area contributed by atoms with Crippen LogP contribution in [0.5, 0.6) is 0 Å². The van der Waals surface area contributed by atoms with Gasteiger partial charge in [-0.05, 0) is 55.5 Å². The van der Waals surface area contributed by atoms with Gasteiger partial charge in [0.05, 0.1) is 9.85 Å². The van der Waals surface area contributed by atoms with Crippen LogP contribution in [0.3, 0.4) is 0 Å². The molecule has 0 aliphatic rings. The number of nitro benzene ring substituents is 2. The van der Waals surface area contributed by atoms with Gasteiger partial charge in [0.25, 0.3) is 11.4 Å². The Balaban J connectivity index is 0.00000122. The molecule has 0 atom stereocenters. The number of hydrogen-bond acceptors (Lipinski definition) is 6. The van der Waals surface area contributed by atoms with E-state index in [4.69, 9.17) is 4.79 Å². The Kier molecular flexibility index (Phi) is 9.37. The monoisotopic (exact) mass is 522 g/mol. The summed E-state index contributed by atoms with van der Waals surface area (Å²) < 4.78 is 0.863. The van der Waals surface area contributed by atoms with Crippen molar-refractivity contribution in [2.24, 2.45) is 0 Å². The van der Waals surface area contributed by atoms with Gasteiger partial charge < -0.3 is 4.79 Å². The minimum atomic E-state index is -0.630. The van der Waals surface area contributed by atoms with Gasteiger partial charge in [-0.25, -0.2) is 0 Å². The largest absolute Gasteiger partial charge is 0.304 e. The van der Waals surface area contributed by atoms with Gasteiger partial charge in [0.15, 0.2) is 0 Å². The van der Waals surface area contributed by atoms with Crippen LogP contribution in [0.25, 0.3) is 0 Å². The first-order valence-electron chi connectivity index (χ1n) is 9.20. The highest BCUT2D eigenvalue weighted by Crippen LogP contribution is 2.28. The highest BCUT2D eigenvalue weighted by molar-refractivity contribution is 9.10. The smallest absolute Gasteiger partial charge is 0.286 e. The summed E-state index contributed by atoms with van der Waals surface area (Å²) in [6.07, 6.45) is 0.750. The molecule has 0 aromatic heterocycles. The standard InChI is InChI=1S/C22H11BrN2O4S.C2H4O/c23-19-9-3-15(4-10-19)1-7-17-13-22(25(28)29)18(14-21(17)24(26)27)8-2-16-5-11-20(30)12-6-16;1-2-3/h3-6,9-14,30H;2H,1H3. The lowest BCUT2D eigenvalue weighted by molar-refractivity contribution is -0.389. The van der Waals surface area contributed by atoms with Crippen LogP contribution in [0.2, 0.25) is 0 Å². The number of thiol groups is 1. The Morgan fingerprint density at radius 1 is 0.788 bits per heavy atom. The van der Waals surface area contributed by atoms with E-state index in [2.05, 4.69) is 52.2 Å². The Bertz CT molecular complexity index is 1210. The van der Waals surface area contributed by atoms with Gasteiger partial charge in [0, 0.05) is 32.6 Å². The van der Waals surface area contributed by atoms with Crippen LogP contribution in [-0.2, 0) is 4.79 Å². The fraction of sp³-hybridized carbons (Fsp3) is 0.0417. The van der Waals surface area contributed by atoms with Crippen molar-refractivity contribution in [2.45, 2.75) is 11.8 Å². The molecule has 0 saturated carbocycles. The normalized spacial score (nSPS) is 9.18. The van der Waals surface area contributed by atoms with Gasteiger partial charge in [0.2, 0.25) is 0 Å². The maximum atomic E-state index is 11.5. The Hall–Kier alpha value is -3.92. The average Bonchev–Trinajstić information content (AvgIpc) is 2.78. The van der Waals surface area contributed by atoms with Crippen LogP contribution in [0.1, 0.15) is 29.2 Å². The molecular formula is C24H15BrN2O5S. The van der Waals surface area contributed by atoms with Crippen LogP contribution < -0.4 is 0 Å². The molecule has 33 heavy (non-hydrogen) atoms. The quantitative estimate of drug-likeness (QED) is 0.156. The lowest BCUT2D eigenvalue weighted by Gasteiger charge is -2.00. The summed E-state index contributed by atoms with van der Waals surface area (Å²) in [6, 6.07) is 16.0. The van der Waals surface area contributed by atoms with E-state index in [0.29, 0.717) is 11.1 Å². The summed E-state index contributed by atoms with van der Waals surface area (Å²) >= 11 is 7.50. The number of carbonyl (C=O) groups is 1. The first-order valence-corrected chi connectivity index (χ1v) is 10.4. The second-order valence-electron chi connectivity index (χ2n) is 6.19. The summed E-state index contributed by atoms with van der Waals surface area (Å²) in [6.45, 7) is 1.44. The molecular weight excluding hydrogens is 508 g/mol. The van der Waals surface area contributed by atoms with Crippen LogP contribution in [0, 0.1) is 43.9 Å². The van der Waals surface area contributed by atoms with E-state index in [1.165, 1.54) is 6.92 Å². The molecule has 164 valence electrons. The fourth-order valence-corrected chi connectivity index (χ4v) is 2.85. The van der Waals surface area contributed by atoms with E-state index >= 15 is 0 Å². The zero-order valence-electron chi connectivity index (χ0n) is 17.1. The maximum absolute atomic E-state index is 11.5. The Labute approximate surface area is 203 Å². The highest BCUT2D eigenvalue weighted by Gasteiger charge is 2.22. The second kappa shape index (κ2) is 12.2. The molecule has 0 fully saturated rings. The highest BCUT2D eigenvalue weighted by atomic mass is 79.9. The third-order valence-corrected chi connectivity index (χ3v) is 4.73. The number of halogens is 1. The molecule has 0 radical (unpaired) electrons. The van der Waals surface area contributed by atoms with Gasteiger partial charge >= 0.3 is 0 Å². The Morgan fingerprint density at radius 2 is 1.15 bits per heavy atom. The molecule has 0 aliphatic heterocycles. The average molecular weight is 523 g/mol. The van der Waals surface area contributed by atoms with Crippen molar-refractivity contribution >= 4 is 46.2 Å². The van der Waals surface area contributed by atoms with Crippen molar-refractivity contribution in [3.63, 3.8) is 0 Å². The third-order valence-electron chi connectivity index (χ3n) is 3.90. The number of nitrogens with zero attached hydrogens (tertiary/aromatic N) is 2. The molecule has 0 N–H and O–H groups in total. The van der Waals surface area contributed by atoms with Crippen LogP contribution in [-0.4, -0.2) is 16.1 Å². The fourth-order valence-electron chi connectivity index (χ4n) is 2.44. The van der Waals surface area contributed by atoms with Gasteiger partial charge in [0.1, 0.15) is 17.4 Å². The van der Waals surface area contributed by atoms with Crippen LogP contribution in [0.15, 0.2) is 70.0 Å². The van der Waals surface area contributed by atoms with Crippen molar-refractivity contribution in [2.75, 3.05) is 0 Å². The summed E-state index contributed by atoms with van der Waals surface area (Å²) in [5, 5.41) is 23.1. The van der Waals surface area contributed by atoms with Crippen molar-refractivity contribution in [1.29, 1.82) is 0 Å². The van der Waals surface area contributed by atoms with E-state index in [1.54, 1.807) is 48.5 Å². The first-order chi connectivity index (χ1) is 15.7. The van der Waals surface area contributed by atoms with E-state index in [1.807, 2.05) is 0 Å². The lowest BCUT2D eigenvalue weighted by Crippen LogP contribution is -1.99. The van der Waals surface area contributed by atoms with Gasteiger partial charge in [-0.2, -0.15) is 0 Å². The summed E-state index contributed by atoms with van der Waals surface area (Å²) in [5.41, 5.74) is 0.408. The minimum absolute atomic E-state index is 0.0559. The van der Waals surface area contributed by atoms with Gasteiger partial charge in [-0.15, -0.1) is 12.6 Å². The minimum Gasteiger partial charge on any atom is -0.304 e. The molecule has 0 spiro atoms. The third kappa shape index (κ3) is 7.62. The number of nitro groups is 2. The zero-order chi connectivity index (χ0) is 24.4. The lowest BCUT2D eigenvalue weighted by atomic mass is 10.1. The molecule has 3 rings (SSSR count). The van der Waals surface area contributed by atoms with Gasteiger partial charge in [-0.1, -0.05) is 39.6 Å². The second-order valence-corrected chi connectivity index (χ2v) is 7.62. The van der Waals surface area contributed by atoms with E-state index in [0.717, 1.165) is 27.8 Å². The van der Waals surface area contributed by atoms with Crippen molar-refractivity contribution in [3.8, 4) is 23.7 Å². The van der Waals surface area contributed by atoms with Crippen LogP contribution >= 0.6 is 28.6 Å². The molecule has 9 heteroatoms. The summed E-state index contributed by atoms with van der Waals surface area (Å²) in [5.74, 6) is 10.9. The number of carbonyl (C=O) groups excluding carboxylic acids is 1. The predicted molar refractivity (Wildman–Crippen MR) is 131 cm³/mol. The first kappa shape index (κ1) is 25.3. The number of benzene rings is 3. The summed E-state index contributed by atoms with van der Waals surface area (Å²) in [7, 11) is 0. The SMILES string of the molecule is CC=O.O=[N+]([O-])c1cc(C#Cc2ccc(Br)cc2)c([N+](=O)[O-])cc1C#Cc1ccc(S)cc1. The molecule has 0 heterocycles. The molecule has 0 saturated heterocycles. The summed E-state index contributed by atoms with van der Waals surface area (Å²) in [4.78, 5) is 31.3. The molecule has 0 bridgehead atoms. The zero-order valence-corrected chi connectivity index (χ0v) is 19.6. The van der Waals surface area contributed by atoms with Crippen molar-refractivity contribution in [3.05, 3.63) is 108 Å². The topological polar surface area (TPSA) is 103 Å². The van der Waals surface area contributed by atoms with Crippen LogP contribution in [0.4, 0.5) is 11.4 Å². The van der Waals surface area contributed by atoms with Crippen molar-refractivity contribution in [1.82, 2.24) is 0 Å². The van der Waals surface area contributed by atoms with E-state index in [-0.39, 0.29) is 22.5 Å². The molecule has 0 aliphatic carbocycles. The number of aldehydes is 1. The Morgan fingerprint density at radius 3 is 1.52 bits per heavy atom. The van der Waals surface area contributed by atoms with E-state index in [9.17, 15) is 20.2 Å². The number of hydrogen-bond donors (Lipinski definition) is 1. The van der Waals surface area contributed by atoms with Crippen molar-refractivity contribution < 1.29 is 14.6 Å². The molecule has 3 aromatic rings. The molecule has 7 nitrogen and oxygen atoms in total. The number of rotatable bonds is 2. The molecule has 0 unspecified atom stereocenters. The molecule has 0 amide bonds. The predicted octanol–water partition coefficient (Wildman–Crippen LogP) is 5.56. The van der Waals surface area contributed by atoms with Gasteiger partial charge in [-0.3, -0.25) is 20.2 Å². The van der Waals surface area contributed by atoms with E-state index < -0.39 is 9.85 Å². The molecule has 3 aromatic carbocycles. The maximum Gasteiger partial charge on any atom is 0.286 e.